The zero-order valence-corrected chi connectivity index (χ0v) is 27.7. The third-order valence-electron chi connectivity index (χ3n) is 7.53. The summed E-state index contributed by atoms with van der Waals surface area (Å²) >= 11 is 0. The minimum atomic E-state index is -1.67. The van der Waals surface area contributed by atoms with E-state index < -0.39 is 91.5 Å². The largest absolute Gasteiger partial charge is 0.508 e. The van der Waals surface area contributed by atoms with Gasteiger partial charge < -0.3 is 57.6 Å². The maximum Gasteiger partial charge on any atom is 0.325 e. The van der Waals surface area contributed by atoms with E-state index in [0.717, 1.165) is 6.42 Å². The Balaban J connectivity index is 2.07. The summed E-state index contributed by atoms with van der Waals surface area (Å²) < 4.78 is 0. The predicted molar refractivity (Wildman–Crippen MR) is 172 cm³/mol. The Kier molecular flexibility index (Phi) is 16.4. The van der Waals surface area contributed by atoms with Crippen LogP contribution in [0.2, 0.25) is 0 Å². The third kappa shape index (κ3) is 13.7. The molecule has 1 saturated heterocycles. The number of aromatic hydroxyl groups is 1. The first-order valence-electron chi connectivity index (χ1n) is 15.9. The Morgan fingerprint density at radius 1 is 0.776 bits per heavy atom. The van der Waals surface area contributed by atoms with Crippen molar-refractivity contribution in [3.63, 3.8) is 0 Å². The fourth-order valence-corrected chi connectivity index (χ4v) is 4.81. The van der Waals surface area contributed by atoms with Gasteiger partial charge in [0.1, 0.15) is 36.0 Å². The summed E-state index contributed by atoms with van der Waals surface area (Å²) in [5.74, 6) is -6.31. The third-order valence-corrected chi connectivity index (χ3v) is 7.53. The molecule has 0 aliphatic carbocycles. The maximum absolute atomic E-state index is 13.1. The Morgan fingerprint density at radius 2 is 1.31 bits per heavy atom. The van der Waals surface area contributed by atoms with Gasteiger partial charge in [0.05, 0.1) is 25.8 Å². The fraction of sp³-hybridized carbons (Fsp3) is 0.581. The molecule has 0 spiro atoms. The number of aliphatic carboxylic acids is 1. The fourth-order valence-electron chi connectivity index (χ4n) is 4.81. The standard InChI is InChI=1S/C31H47N7O11/c1-16(2)11-21(35-25(42)13-33-26(43)20-5-4-10-32-20)28(45)37-24(15-40)30(47)38-23(14-39)29(46)36-22(27(44)34-17(3)31(48)49)12-18-6-8-19(41)9-7-18/h6-9,16-17,20-24,32,39-41H,4-5,10-15H2,1-3H3,(H,33,43)(H,34,44)(H,35,42)(H,36,46)(H,37,45)(H,38,47)(H,48,49)/t17-,20-,21-,22-,23-,24-/m0/s1. The molecule has 0 saturated carbocycles. The number of carbonyl (C=O) groups is 7. The van der Waals surface area contributed by atoms with Crippen molar-refractivity contribution >= 4 is 41.4 Å². The monoisotopic (exact) mass is 693 g/mol. The topological polar surface area (TPSA) is 285 Å². The molecule has 1 aromatic carbocycles. The number of aliphatic hydroxyl groups is 2. The van der Waals surface area contributed by atoms with Crippen molar-refractivity contribution in [2.45, 2.75) is 82.7 Å². The number of aliphatic hydroxyl groups excluding tert-OH is 2. The molecule has 18 nitrogen and oxygen atoms in total. The Labute approximate surface area is 283 Å². The quantitative estimate of drug-likeness (QED) is 0.0670. The first-order valence-corrected chi connectivity index (χ1v) is 15.9. The lowest BCUT2D eigenvalue weighted by molar-refractivity contribution is -0.141. The number of benzene rings is 1. The van der Waals surface area contributed by atoms with Crippen molar-refractivity contribution in [3.05, 3.63) is 29.8 Å². The second kappa shape index (κ2) is 19.9. The lowest BCUT2D eigenvalue weighted by Gasteiger charge is -2.26. The van der Waals surface area contributed by atoms with Gasteiger partial charge in [-0.3, -0.25) is 33.6 Å². The van der Waals surface area contributed by atoms with Gasteiger partial charge in [-0.15, -0.1) is 0 Å². The summed E-state index contributed by atoms with van der Waals surface area (Å²) in [6.07, 6.45) is 1.45. The second-order valence-corrected chi connectivity index (χ2v) is 12.1. The first kappa shape index (κ1) is 40.4. The molecule has 0 unspecified atom stereocenters. The van der Waals surface area contributed by atoms with E-state index in [-0.39, 0.29) is 30.4 Å². The number of nitrogens with one attached hydrogen (secondary N) is 7. The number of carboxylic acids is 1. The number of hydrogen-bond donors (Lipinski definition) is 11. The van der Waals surface area contributed by atoms with Crippen LogP contribution in [0.15, 0.2) is 24.3 Å². The van der Waals surface area contributed by atoms with E-state index in [1.165, 1.54) is 31.2 Å². The lowest BCUT2D eigenvalue weighted by Crippen LogP contribution is -2.60. The number of phenols is 1. The number of carboxylic acid groups (broad SMARTS) is 1. The molecule has 0 aromatic heterocycles. The average molecular weight is 694 g/mol. The van der Waals surface area contributed by atoms with Crippen LogP contribution in [0.1, 0.15) is 45.6 Å². The first-order chi connectivity index (χ1) is 23.1. The molecule has 49 heavy (non-hydrogen) atoms. The zero-order chi connectivity index (χ0) is 36.7. The van der Waals surface area contributed by atoms with E-state index in [1.54, 1.807) is 13.8 Å². The van der Waals surface area contributed by atoms with Crippen molar-refractivity contribution in [1.29, 1.82) is 0 Å². The molecular formula is C31H47N7O11. The molecular weight excluding hydrogens is 646 g/mol. The molecule has 1 aromatic rings. The van der Waals surface area contributed by atoms with Gasteiger partial charge in [-0.05, 0) is 56.3 Å². The lowest BCUT2D eigenvalue weighted by atomic mass is 10.0. The van der Waals surface area contributed by atoms with Gasteiger partial charge in [-0.2, -0.15) is 0 Å². The molecule has 6 amide bonds. The highest BCUT2D eigenvalue weighted by Gasteiger charge is 2.32. The van der Waals surface area contributed by atoms with Crippen molar-refractivity contribution in [2.75, 3.05) is 26.3 Å². The summed E-state index contributed by atoms with van der Waals surface area (Å²) in [6, 6.07) is -1.91. The number of carbonyl (C=O) groups excluding carboxylic acids is 6. The highest BCUT2D eigenvalue weighted by Crippen LogP contribution is 2.12. The Bertz CT molecular complexity index is 1320. The number of phenolic OH excluding ortho intramolecular Hbond substituents is 1. The van der Waals surface area contributed by atoms with Gasteiger partial charge in [0.25, 0.3) is 0 Å². The van der Waals surface area contributed by atoms with Crippen LogP contribution in [0.3, 0.4) is 0 Å². The Morgan fingerprint density at radius 3 is 1.80 bits per heavy atom. The van der Waals surface area contributed by atoms with Crippen molar-refractivity contribution < 1.29 is 54.0 Å². The summed E-state index contributed by atoms with van der Waals surface area (Å²) in [5, 5.41) is 55.7. The molecule has 0 bridgehead atoms. The smallest absolute Gasteiger partial charge is 0.325 e. The van der Waals surface area contributed by atoms with Gasteiger partial charge >= 0.3 is 5.97 Å². The van der Waals surface area contributed by atoms with Crippen LogP contribution >= 0.6 is 0 Å². The molecule has 272 valence electrons. The van der Waals surface area contributed by atoms with Crippen LogP contribution in [-0.4, -0.2) is 124 Å². The number of hydrogen-bond acceptors (Lipinski definition) is 11. The minimum Gasteiger partial charge on any atom is -0.508 e. The summed E-state index contributed by atoms with van der Waals surface area (Å²) in [7, 11) is 0. The zero-order valence-electron chi connectivity index (χ0n) is 27.7. The SMILES string of the molecule is CC(C)C[C@H](NC(=O)CNC(=O)[C@@H]1CCCN1)C(=O)N[C@@H](CO)C(=O)N[C@@H](CO)C(=O)N[C@@H](Cc1ccc(O)cc1)C(=O)N[C@@H](C)C(=O)O. The molecule has 6 atom stereocenters. The molecule has 1 fully saturated rings. The molecule has 1 heterocycles. The predicted octanol–water partition coefficient (Wildman–Crippen LogP) is -3.64. The molecule has 1 aliphatic rings. The van der Waals surface area contributed by atoms with E-state index in [9.17, 15) is 54.0 Å². The molecule has 1 aliphatic heterocycles. The van der Waals surface area contributed by atoms with E-state index in [1.807, 2.05) is 0 Å². The van der Waals surface area contributed by atoms with Gasteiger partial charge in [0.15, 0.2) is 0 Å². The molecule has 2 rings (SSSR count). The van der Waals surface area contributed by atoms with Crippen LogP contribution in [0.25, 0.3) is 0 Å². The van der Waals surface area contributed by atoms with Crippen molar-refractivity contribution in [1.82, 2.24) is 37.2 Å². The summed E-state index contributed by atoms with van der Waals surface area (Å²) in [4.78, 5) is 88.2. The van der Waals surface area contributed by atoms with Crippen molar-refractivity contribution in [3.8, 4) is 5.75 Å². The van der Waals surface area contributed by atoms with Gasteiger partial charge in [0.2, 0.25) is 35.4 Å². The van der Waals surface area contributed by atoms with Crippen LogP contribution in [0, 0.1) is 5.92 Å². The van der Waals surface area contributed by atoms with Crippen LogP contribution in [0.5, 0.6) is 5.75 Å². The average Bonchev–Trinajstić information content (AvgIpc) is 3.60. The Hall–Kier alpha value is -4.81. The molecule has 11 N–H and O–H groups in total. The van der Waals surface area contributed by atoms with E-state index in [4.69, 9.17) is 0 Å². The number of amides is 6. The van der Waals surface area contributed by atoms with E-state index in [2.05, 4.69) is 37.2 Å². The van der Waals surface area contributed by atoms with Crippen LogP contribution in [0.4, 0.5) is 0 Å². The summed E-state index contributed by atoms with van der Waals surface area (Å²) in [6.45, 7) is 3.20. The van der Waals surface area contributed by atoms with Gasteiger partial charge in [-0.1, -0.05) is 26.0 Å². The van der Waals surface area contributed by atoms with Crippen LogP contribution in [-0.2, 0) is 40.0 Å². The normalized spacial score (nSPS) is 17.1. The number of rotatable bonds is 19. The maximum atomic E-state index is 13.1. The molecule has 0 radical (unpaired) electrons. The minimum absolute atomic E-state index is 0.0550. The van der Waals surface area contributed by atoms with Crippen LogP contribution < -0.4 is 37.2 Å². The molecule has 18 heteroatoms. The van der Waals surface area contributed by atoms with Gasteiger partial charge in [0, 0.05) is 6.42 Å². The van der Waals surface area contributed by atoms with Crippen molar-refractivity contribution in [2.24, 2.45) is 5.92 Å². The highest BCUT2D eigenvalue weighted by atomic mass is 16.4. The van der Waals surface area contributed by atoms with E-state index in [0.29, 0.717) is 18.5 Å². The highest BCUT2D eigenvalue weighted by molar-refractivity contribution is 5.96. The van der Waals surface area contributed by atoms with E-state index >= 15 is 0 Å². The summed E-state index contributed by atoms with van der Waals surface area (Å²) in [5.41, 5.74) is 0.477. The second-order valence-electron chi connectivity index (χ2n) is 12.1. The van der Waals surface area contributed by atoms with Gasteiger partial charge in [-0.25, -0.2) is 0 Å².